The number of aliphatic hydroxyl groups is 1. The van der Waals surface area contributed by atoms with Crippen molar-refractivity contribution in [2.75, 3.05) is 59.2 Å². The van der Waals surface area contributed by atoms with Gasteiger partial charge in [0.25, 0.3) is 0 Å². The Morgan fingerprint density at radius 3 is 2.69 bits per heavy atom. The third-order valence-electron chi connectivity index (χ3n) is 8.47. The van der Waals surface area contributed by atoms with Gasteiger partial charge in [-0.3, -0.25) is 19.3 Å². The molecule has 4 rings (SSSR count). The third kappa shape index (κ3) is 5.84. The molecule has 2 bridgehead atoms. The number of unbranched alkanes of at least 4 members (excludes halogenated alkanes) is 2. The number of fused-ring (bicyclic) bond motifs is 1. The molecule has 0 saturated carbocycles. The molecule has 0 aromatic carbocycles. The van der Waals surface area contributed by atoms with Gasteiger partial charge in [-0.1, -0.05) is 28.1 Å². The number of likely N-dealkylation sites (tertiary alicyclic amines) is 1. The van der Waals surface area contributed by atoms with Gasteiger partial charge in [-0.05, 0) is 32.6 Å². The molecule has 4 aliphatic rings. The number of allylic oxidation sites excluding steroid dienone is 1. The minimum atomic E-state index is -1.18. The summed E-state index contributed by atoms with van der Waals surface area (Å²) < 4.78 is 17.6. The lowest BCUT2D eigenvalue weighted by molar-refractivity contribution is -0.156. The Morgan fingerprint density at radius 1 is 1.28 bits per heavy atom. The van der Waals surface area contributed by atoms with Crippen molar-refractivity contribution in [1.82, 2.24) is 14.7 Å². The molecule has 3 unspecified atom stereocenters. The Morgan fingerprint density at radius 2 is 2.03 bits per heavy atom. The van der Waals surface area contributed by atoms with Gasteiger partial charge in [-0.2, -0.15) is 0 Å². The standard InChI is InChI=1S/C28H42BrN3O7/c1-4-6-7-8-14-38-27(36)21-22-25(34)32(19(3)18-33)24(28(22)17-20(29)23(21)39-28)26(35)31(9-5-2)11-10-30-12-15-37-16-13-30/h4-5,19-24,33H,1-2,6-18H2,3H3/t19-,20?,21-,22+,23-,24?,28?/m1/s1. The van der Waals surface area contributed by atoms with Crippen LogP contribution in [-0.2, 0) is 28.6 Å². The maximum Gasteiger partial charge on any atom is 0.312 e. The number of esters is 1. The molecule has 0 radical (unpaired) electrons. The summed E-state index contributed by atoms with van der Waals surface area (Å²) in [5.41, 5.74) is -1.18. The number of amides is 2. The summed E-state index contributed by atoms with van der Waals surface area (Å²) >= 11 is 3.68. The second-order valence-corrected chi connectivity index (χ2v) is 12.1. The average Bonchev–Trinajstić information content (AvgIpc) is 3.53. The number of halogens is 1. The van der Waals surface area contributed by atoms with E-state index in [-0.39, 0.29) is 29.9 Å². The maximum atomic E-state index is 14.3. The molecule has 0 aromatic rings. The van der Waals surface area contributed by atoms with Gasteiger partial charge >= 0.3 is 5.97 Å². The van der Waals surface area contributed by atoms with Crippen molar-refractivity contribution in [1.29, 1.82) is 0 Å². The van der Waals surface area contributed by atoms with E-state index in [2.05, 4.69) is 34.0 Å². The summed E-state index contributed by atoms with van der Waals surface area (Å²) in [5, 5.41) is 10.1. The number of aliphatic hydroxyl groups excluding tert-OH is 1. The molecule has 4 saturated heterocycles. The third-order valence-corrected chi connectivity index (χ3v) is 9.31. The molecule has 1 N–H and O–H groups in total. The van der Waals surface area contributed by atoms with E-state index in [4.69, 9.17) is 14.2 Å². The van der Waals surface area contributed by atoms with E-state index < -0.39 is 41.6 Å². The van der Waals surface area contributed by atoms with Gasteiger partial charge < -0.3 is 29.1 Å². The first-order valence-electron chi connectivity index (χ1n) is 14.0. The first-order chi connectivity index (χ1) is 18.8. The molecule has 0 aliphatic carbocycles. The number of ether oxygens (including phenoxy) is 3. The zero-order chi connectivity index (χ0) is 28.2. The van der Waals surface area contributed by atoms with Crippen LogP contribution in [0.25, 0.3) is 0 Å². The topological polar surface area (TPSA) is 109 Å². The minimum absolute atomic E-state index is 0.208. The summed E-state index contributed by atoms with van der Waals surface area (Å²) in [6.07, 6.45) is 5.74. The molecule has 2 amide bonds. The van der Waals surface area contributed by atoms with E-state index in [1.165, 1.54) is 4.90 Å². The number of alkyl halides is 1. The van der Waals surface area contributed by atoms with Crippen LogP contribution < -0.4 is 0 Å². The van der Waals surface area contributed by atoms with Crippen LogP contribution in [0.2, 0.25) is 0 Å². The van der Waals surface area contributed by atoms with Crippen molar-refractivity contribution in [3.8, 4) is 0 Å². The highest BCUT2D eigenvalue weighted by molar-refractivity contribution is 9.09. The van der Waals surface area contributed by atoms with Crippen molar-refractivity contribution in [2.45, 2.75) is 61.2 Å². The number of morpholine rings is 1. The second kappa shape index (κ2) is 13.2. The molecule has 39 heavy (non-hydrogen) atoms. The largest absolute Gasteiger partial charge is 0.465 e. The van der Waals surface area contributed by atoms with Crippen molar-refractivity contribution in [2.24, 2.45) is 11.8 Å². The molecular weight excluding hydrogens is 570 g/mol. The highest BCUT2D eigenvalue weighted by Gasteiger charge is 2.77. The van der Waals surface area contributed by atoms with E-state index in [0.29, 0.717) is 45.7 Å². The van der Waals surface area contributed by atoms with Crippen LogP contribution >= 0.6 is 15.9 Å². The van der Waals surface area contributed by atoms with Crippen LogP contribution in [0.15, 0.2) is 25.3 Å². The van der Waals surface area contributed by atoms with Crippen LogP contribution in [-0.4, -0.2) is 125 Å². The van der Waals surface area contributed by atoms with Crippen LogP contribution in [0.4, 0.5) is 0 Å². The van der Waals surface area contributed by atoms with Crippen molar-refractivity contribution < 1.29 is 33.7 Å². The monoisotopic (exact) mass is 611 g/mol. The zero-order valence-corrected chi connectivity index (χ0v) is 24.4. The van der Waals surface area contributed by atoms with Gasteiger partial charge in [0.05, 0.1) is 50.4 Å². The van der Waals surface area contributed by atoms with Gasteiger partial charge in [-0.15, -0.1) is 13.2 Å². The molecule has 1 spiro atoms. The Hall–Kier alpha value is -1.79. The first kappa shape index (κ1) is 30.2. The van der Waals surface area contributed by atoms with Crippen LogP contribution in [0, 0.1) is 11.8 Å². The van der Waals surface area contributed by atoms with Crippen molar-refractivity contribution >= 4 is 33.7 Å². The number of nitrogens with zero attached hydrogens (tertiary/aromatic N) is 3. The molecule has 218 valence electrons. The molecule has 10 nitrogen and oxygen atoms in total. The molecule has 4 aliphatic heterocycles. The quantitative estimate of drug-likeness (QED) is 0.136. The van der Waals surface area contributed by atoms with E-state index in [0.717, 1.165) is 25.9 Å². The van der Waals surface area contributed by atoms with E-state index in [9.17, 15) is 19.5 Å². The van der Waals surface area contributed by atoms with Gasteiger partial charge in [-0.25, -0.2) is 0 Å². The Balaban J connectivity index is 1.59. The highest BCUT2D eigenvalue weighted by atomic mass is 79.9. The Kier molecular flexibility index (Phi) is 10.3. The summed E-state index contributed by atoms with van der Waals surface area (Å²) in [6.45, 7) is 13.6. The molecule has 4 fully saturated rings. The maximum absolute atomic E-state index is 14.3. The smallest absolute Gasteiger partial charge is 0.312 e. The van der Waals surface area contributed by atoms with Crippen LogP contribution in [0.3, 0.4) is 0 Å². The lowest BCUT2D eigenvalue weighted by Crippen LogP contribution is -2.59. The molecule has 4 heterocycles. The van der Waals surface area contributed by atoms with Crippen molar-refractivity contribution in [3.05, 3.63) is 25.3 Å². The predicted octanol–water partition coefficient (Wildman–Crippen LogP) is 1.36. The van der Waals surface area contributed by atoms with Gasteiger partial charge in [0.2, 0.25) is 11.8 Å². The second-order valence-electron chi connectivity index (χ2n) is 10.9. The first-order valence-corrected chi connectivity index (χ1v) is 14.9. The summed E-state index contributed by atoms with van der Waals surface area (Å²) in [7, 11) is 0. The number of carbonyl (C=O) groups is 3. The molecule has 7 atom stereocenters. The van der Waals surface area contributed by atoms with Crippen molar-refractivity contribution in [3.63, 3.8) is 0 Å². The van der Waals surface area contributed by atoms with E-state index in [1.807, 2.05) is 6.08 Å². The van der Waals surface area contributed by atoms with E-state index in [1.54, 1.807) is 17.9 Å². The fourth-order valence-corrected chi connectivity index (χ4v) is 7.49. The van der Waals surface area contributed by atoms with Gasteiger partial charge in [0, 0.05) is 37.6 Å². The summed E-state index contributed by atoms with van der Waals surface area (Å²) in [4.78, 5) is 46.9. The minimum Gasteiger partial charge on any atom is -0.465 e. The van der Waals surface area contributed by atoms with Crippen LogP contribution in [0.5, 0.6) is 0 Å². The fraction of sp³-hybridized carbons (Fsp3) is 0.750. The van der Waals surface area contributed by atoms with Gasteiger partial charge in [0.15, 0.2) is 0 Å². The number of hydrogen-bond acceptors (Lipinski definition) is 8. The highest BCUT2D eigenvalue weighted by Crippen LogP contribution is 2.60. The van der Waals surface area contributed by atoms with Crippen LogP contribution in [0.1, 0.15) is 32.6 Å². The molecular formula is C28H42BrN3O7. The SMILES string of the molecule is C=CCCCCOC(=O)[C@H]1[C@@H]2OC3(CC2Br)C(C(=O)N(CC=C)CCN2CCOCC2)N([C@H](C)CO)C(=O)[C@H]13. The average molecular weight is 613 g/mol. The predicted molar refractivity (Wildman–Crippen MR) is 148 cm³/mol. The lowest BCUT2D eigenvalue weighted by Gasteiger charge is -2.39. The lowest BCUT2D eigenvalue weighted by atomic mass is 9.70. The Bertz CT molecular complexity index is 929. The van der Waals surface area contributed by atoms with Gasteiger partial charge in [0.1, 0.15) is 11.6 Å². The fourth-order valence-electron chi connectivity index (χ4n) is 6.55. The molecule has 0 aromatic heterocycles. The Labute approximate surface area is 239 Å². The van der Waals surface area contributed by atoms with E-state index >= 15 is 0 Å². The normalized spacial score (nSPS) is 32.6. The number of rotatable bonds is 14. The number of carbonyl (C=O) groups excluding carboxylic acids is 3. The summed E-state index contributed by atoms with van der Waals surface area (Å²) in [6, 6.07) is -1.58. The zero-order valence-electron chi connectivity index (χ0n) is 22.8. The summed E-state index contributed by atoms with van der Waals surface area (Å²) in [5.74, 6) is -2.72. The molecule has 11 heteroatoms. The number of hydrogen-bond donors (Lipinski definition) is 1.